The van der Waals surface area contributed by atoms with Crippen molar-refractivity contribution in [3.8, 4) is 5.69 Å². The predicted molar refractivity (Wildman–Crippen MR) is 110 cm³/mol. The highest BCUT2D eigenvalue weighted by Gasteiger charge is 2.30. The molecule has 7 nitrogen and oxygen atoms in total. The van der Waals surface area contributed by atoms with E-state index in [0.29, 0.717) is 42.6 Å². The minimum absolute atomic E-state index is 0.379. The van der Waals surface area contributed by atoms with Crippen LogP contribution in [0.3, 0.4) is 0 Å². The lowest BCUT2D eigenvalue weighted by Gasteiger charge is -2.33. The summed E-state index contributed by atoms with van der Waals surface area (Å²) in [6.07, 6.45) is 0.705. The number of hydrogen-bond donors (Lipinski definition) is 0. The number of carbonyl (C=O) groups excluding carboxylic acids is 1. The summed E-state index contributed by atoms with van der Waals surface area (Å²) in [6, 6.07) is 6.15. The van der Waals surface area contributed by atoms with Crippen molar-refractivity contribution in [2.75, 3.05) is 31.1 Å². The minimum atomic E-state index is -4.40. The zero-order chi connectivity index (χ0) is 22.0. The van der Waals surface area contributed by atoms with Crippen LogP contribution in [0.1, 0.15) is 10.4 Å². The van der Waals surface area contributed by atoms with Crippen molar-refractivity contribution in [1.29, 1.82) is 0 Å². The molecule has 0 bridgehead atoms. The second-order valence-corrected chi connectivity index (χ2v) is 8.17. The van der Waals surface area contributed by atoms with Crippen LogP contribution in [0.2, 0.25) is 0 Å². The zero-order valence-corrected chi connectivity index (χ0v) is 17.4. The standard InChI is InChI=1S/C20H19F3N6OS/c1-14-13-29(16-5-3-15(4-6-16)20(21,22)23)19(31-14)26-18(30)28-11-9-27(10-12-28)17-24-7-2-8-25-17/h2-8,13H,9-12H2,1H3. The molecule has 1 aliphatic rings. The Kier molecular flexibility index (Phi) is 5.77. The van der Waals surface area contributed by atoms with Gasteiger partial charge in [0.05, 0.1) is 5.56 Å². The molecule has 2 amide bonds. The van der Waals surface area contributed by atoms with Gasteiger partial charge >= 0.3 is 12.2 Å². The number of benzene rings is 1. The molecule has 1 saturated heterocycles. The van der Waals surface area contributed by atoms with E-state index in [9.17, 15) is 18.0 Å². The molecule has 0 N–H and O–H groups in total. The van der Waals surface area contributed by atoms with Crippen LogP contribution in [0, 0.1) is 6.92 Å². The van der Waals surface area contributed by atoms with E-state index in [0.717, 1.165) is 17.0 Å². The maximum Gasteiger partial charge on any atom is 0.416 e. The van der Waals surface area contributed by atoms with Crippen LogP contribution in [0.15, 0.2) is 53.9 Å². The van der Waals surface area contributed by atoms with Crippen molar-refractivity contribution >= 4 is 23.3 Å². The quantitative estimate of drug-likeness (QED) is 0.602. The monoisotopic (exact) mass is 448 g/mol. The molecule has 3 heterocycles. The SMILES string of the molecule is Cc1cn(-c2ccc(C(F)(F)F)cc2)c(=NC(=O)N2CCN(c3ncccn3)CC2)s1. The Hall–Kier alpha value is -3.21. The molecule has 0 atom stereocenters. The average molecular weight is 448 g/mol. The van der Waals surface area contributed by atoms with Gasteiger partial charge in [0.25, 0.3) is 0 Å². The van der Waals surface area contributed by atoms with E-state index in [1.807, 2.05) is 11.8 Å². The second-order valence-electron chi connectivity index (χ2n) is 6.96. The third kappa shape index (κ3) is 4.76. The van der Waals surface area contributed by atoms with E-state index in [4.69, 9.17) is 0 Å². The number of aryl methyl sites for hydroxylation is 1. The number of anilines is 1. The van der Waals surface area contributed by atoms with Crippen molar-refractivity contribution in [2.24, 2.45) is 4.99 Å². The van der Waals surface area contributed by atoms with Crippen molar-refractivity contribution in [3.63, 3.8) is 0 Å². The lowest BCUT2D eigenvalue weighted by molar-refractivity contribution is -0.137. The Labute approximate surface area is 180 Å². The number of halogens is 3. The highest BCUT2D eigenvalue weighted by Crippen LogP contribution is 2.29. The second kappa shape index (κ2) is 8.50. The lowest BCUT2D eigenvalue weighted by Crippen LogP contribution is -2.48. The molecule has 0 spiro atoms. The number of urea groups is 1. The topological polar surface area (TPSA) is 66.6 Å². The summed E-state index contributed by atoms with van der Waals surface area (Å²) in [7, 11) is 0. The number of piperazine rings is 1. The maximum absolute atomic E-state index is 12.8. The van der Waals surface area contributed by atoms with Crippen LogP contribution in [-0.4, -0.2) is 51.6 Å². The Morgan fingerprint density at radius 3 is 2.32 bits per heavy atom. The Morgan fingerprint density at radius 1 is 1.06 bits per heavy atom. The molecule has 3 aromatic rings. The van der Waals surface area contributed by atoms with Gasteiger partial charge in [-0.1, -0.05) is 0 Å². The van der Waals surface area contributed by atoms with E-state index in [-0.39, 0.29) is 6.03 Å². The molecule has 162 valence electrons. The number of carbonyl (C=O) groups is 1. The summed E-state index contributed by atoms with van der Waals surface area (Å²) in [5, 5.41) is 0. The summed E-state index contributed by atoms with van der Waals surface area (Å²) in [6.45, 7) is 3.99. The summed E-state index contributed by atoms with van der Waals surface area (Å²) < 4.78 is 40.1. The molecule has 4 rings (SSSR count). The Morgan fingerprint density at radius 2 is 1.71 bits per heavy atom. The molecule has 1 aliphatic heterocycles. The highest BCUT2D eigenvalue weighted by molar-refractivity contribution is 7.09. The normalized spacial score (nSPS) is 15.4. The van der Waals surface area contributed by atoms with Crippen molar-refractivity contribution in [2.45, 2.75) is 13.1 Å². The molecule has 0 saturated carbocycles. The van der Waals surface area contributed by atoms with E-state index in [1.54, 1.807) is 34.1 Å². The average Bonchev–Trinajstić information content (AvgIpc) is 3.14. The van der Waals surface area contributed by atoms with Crippen LogP contribution in [0.5, 0.6) is 0 Å². The van der Waals surface area contributed by atoms with E-state index >= 15 is 0 Å². The summed E-state index contributed by atoms with van der Waals surface area (Å²) in [5.74, 6) is 0.626. The lowest BCUT2D eigenvalue weighted by atomic mass is 10.2. The van der Waals surface area contributed by atoms with Gasteiger partial charge in [0.1, 0.15) is 0 Å². The summed E-state index contributed by atoms with van der Waals surface area (Å²) in [5.41, 5.74) is -0.214. The van der Waals surface area contributed by atoms with Crippen LogP contribution >= 0.6 is 11.3 Å². The smallest absolute Gasteiger partial charge is 0.337 e. The van der Waals surface area contributed by atoms with Crippen molar-refractivity contribution in [1.82, 2.24) is 19.4 Å². The molecule has 31 heavy (non-hydrogen) atoms. The molecule has 2 aromatic heterocycles. The number of thiazole rings is 1. The number of alkyl halides is 3. The van der Waals surface area contributed by atoms with Crippen LogP contribution in [0.25, 0.3) is 5.69 Å². The molecule has 0 radical (unpaired) electrons. The fraction of sp³-hybridized carbons (Fsp3) is 0.300. The van der Waals surface area contributed by atoms with Crippen molar-refractivity contribution in [3.05, 3.63) is 64.2 Å². The van der Waals surface area contributed by atoms with E-state index in [1.165, 1.54) is 23.5 Å². The zero-order valence-electron chi connectivity index (χ0n) is 16.6. The first kappa shape index (κ1) is 21.0. The molecular weight excluding hydrogens is 429 g/mol. The van der Waals surface area contributed by atoms with Crippen LogP contribution in [-0.2, 0) is 6.18 Å². The van der Waals surface area contributed by atoms with E-state index < -0.39 is 11.7 Å². The summed E-state index contributed by atoms with van der Waals surface area (Å²) >= 11 is 1.30. The molecule has 1 aromatic carbocycles. The number of hydrogen-bond acceptors (Lipinski definition) is 5. The Balaban J connectivity index is 1.51. The van der Waals surface area contributed by atoms with Crippen molar-refractivity contribution < 1.29 is 18.0 Å². The van der Waals surface area contributed by atoms with Gasteiger partial charge in [-0.15, -0.1) is 11.3 Å². The van der Waals surface area contributed by atoms with Gasteiger partial charge in [0.2, 0.25) is 5.95 Å². The number of aromatic nitrogens is 3. The first-order valence-corrected chi connectivity index (χ1v) is 10.4. The van der Waals surface area contributed by atoms with Gasteiger partial charge in [-0.05, 0) is 37.3 Å². The van der Waals surface area contributed by atoms with E-state index in [2.05, 4.69) is 15.0 Å². The third-order valence-corrected chi connectivity index (χ3v) is 5.72. The highest BCUT2D eigenvalue weighted by atomic mass is 32.1. The fourth-order valence-electron chi connectivity index (χ4n) is 3.23. The molecule has 11 heteroatoms. The van der Waals surface area contributed by atoms with Gasteiger partial charge in [-0.3, -0.25) is 4.57 Å². The number of amides is 2. The van der Waals surface area contributed by atoms with Gasteiger partial charge < -0.3 is 9.80 Å². The fourth-order valence-corrected chi connectivity index (χ4v) is 4.06. The third-order valence-electron chi connectivity index (χ3n) is 4.82. The first-order valence-electron chi connectivity index (χ1n) is 9.53. The van der Waals surface area contributed by atoms with Gasteiger partial charge in [-0.25, -0.2) is 14.8 Å². The maximum atomic E-state index is 12.8. The molecule has 0 aliphatic carbocycles. The number of rotatable bonds is 2. The van der Waals surface area contributed by atoms with Gasteiger partial charge in [0, 0.05) is 55.3 Å². The van der Waals surface area contributed by atoms with Gasteiger partial charge in [-0.2, -0.15) is 18.2 Å². The molecule has 0 unspecified atom stereocenters. The first-order chi connectivity index (χ1) is 14.8. The minimum Gasteiger partial charge on any atom is -0.337 e. The number of nitrogens with zero attached hydrogens (tertiary/aromatic N) is 6. The molecular formula is C20H19F3N6OS. The summed E-state index contributed by atoms with van der Waals surface area (Å²) in [4.78, 5) is 30.4. The van der Waals surface area contributed by atoms with Crippen LogP contribution < -0.4 is 9.70 Å². The van der Waals surface area contributed by atoms with Gasteiger partial charge in [0.15, 0.2) is 4.80 Å². The Bertz CT molecular complexity index is 1120. The molecule has 1 fully saturated rings. The predicted octanol–water partition coefficient (Wildman–Crippen LogP) is 3.50. The largest absolute Gasteiger partial charge is 0.416 e. The van der Waals surface area contributed by atoms with Crippen LogP contribution in [0.4, 0.5) is 23.9 Å².